The third-order valence-electron chi connectivity index (χ3n) is 4.75. The maximum Gasteiger partial charge on any atom is 0.255 e. The van der Waals surface area contributed by atoms with E-state index in [0.717, 1.165) is 0 Å². The third-order valence-corrected chi connectivity index (χ3v) is 4.75. The molecule has 0 bridgehead atoms. The SMILES string of the molecule is COc1cccc(C(=O)NCCCC[C@@H](CO)NC(=O)c2cccc(OC)c2O)c1O. The quantitative estimate of drug-likeness (QED) is 0.342. The minimum atomic E-state index is -0.516. The van der Waals surface area contributed by atoms with Crippen LogP contribution in [0.25, 0.3) is 0 Å². The van der Waals surface area contributed by atoms with Gasteiger partial charge in [-0.05, 0) is 43.5 Å². The Kier molecular flexibility index (Phi) is 8.95. The predicted molar refractivity (Wildman–Crippen MR) is 114 cm³/mol. The number of carbonyl (C=O) groups excluding carboxylic acids is 2. The fourth-order valence-corrected chi connectivity index (χ4v) is 3.03. The van der Waals surface area contributed by atoms with Crippen LogP contribution in [0.3, 0.4) is 0 Å². The highest BCUT2D eigenvalue weighted by atomic mass is 16.5. The summed E-state index contributed by atoms with van der Waals surface area (Å²) in [5.41, 5.74) is 0.182. The second-order valence-corrected chi connectivity index (χ2v) is 6.82. The Morgan fingerprint density at radius 3 is 1.97 bits per heavy atom. The Labute approximate surface area is 180 Å². The largest absolute Gasteiger partial charge is 0.504 e. The lowest BCUT2D eigenvalue weighted by Gasteiger charge is -2.17. The zero-order chi connectivity index (χ0) is 22.8. The fourth-order valence-electron chi connectivity index (χ4n) is 3.03. The van der Waals surface area contributed by atoms with Crippen molar-refractivity contribution >= 4 is 11.8 Å². The van der Waals surface area contributed by atoms with Crippen LogP contribution in [0, 0.1) is 0 Å². The molecule has 31 heavy (non-hydrogen) atoms. The monoisotopic (exact) mass is 432 g/mol. The zero-order valence-corrected chi connectivity index (χ0v) is 17.6. The van der Waals surface area contributed by atoms with Gasteiger partial charge in [0.2, 0.25) is 0 Å². The molecule has 5 N–H and O–H groups in total. The van der Waals surface area contributed by atoms with Gasteiger partial charge in [-0.25, -0.2) is 0 Å². The molecule has 0 fully saturated rings. The van der Waals surface area contributed by atoms with Gasteiger partial charge in [0.05, 0.1) is 38.0 Å². The van der Waals surface area contributed by atoms with E-state index >= 15 is 0 Å². The van der Waals surface area contributed by atoms with Gasteiger partial charge in [-0.1, -0.05) is 12.1 Å². The van der Waals surface area contributed by atoms with Crippen molar-refractivity contribution in [1.82, 2.24) is 10.6 Å². The van der Waals surface area contributed by atoms with Crippen molar-refractivity contribution in [2.75, 3.05) is 27.4 Å². The first-order valence-corrected chi connectivity index (χ1v) is 9.84. The number of methoxy groups -OCH3 is 2. The van der Waals surface area contributed by atoms with Crippen LogP contribution >= 0.6 is 0 Å². The van der Waals surface area contributed by atoms with E-state index in [2.05, 4.69) is 10.6 Å². The second-order valence-electron chi connectivity index (χ2n) is 6.82. The average molecular weight is 432 g/mol. The molecule has 168 valence electrons. The summed E-state index contributed by atoms with van der Waals surface area (Å²) in [5.74, 6) is -1.01. The number of hydrogen-bond acceptors (Lipinski definition) is 7. The Bertz CT molecular complexity index is 901. The lowest BCUT2D eigenvalue weighted by atomic mass is 10.1. The number of unbranched alkanes of at least 4 members (excludes halogenated alkanes) is 1. The summed E-state index contributed by atoms with van der Waals surface area (Å²) in [6.45, 7) is 0.0960. The summed E-state index contributed by atoms with van der Waals surface area (Å²) < 4.78 is 9.98. The van der Waals surface area contributed by atoms with Crippen molar-refractivity contribution in [3.8, 4) is 23.0 Å². The van der Waals surface area contributed by atoms with Gasteiger partial charge in [-0.15, -0.1) is 0 Å². The number of nitrogens with one attached hydrogen (secondary N) is 2. The number of ether oxygens (including phenoxy) is 2. The van der Waals surface area contributed by atoms with Crippen molar-refractivity contribution in [3.63, 3.8) is 0 Å². The van der Waals surface area contributed by atoms with E-state index in [1.807, 2.05) is 0 Å². The maximum absolute atomic E-state index is 12.4. The van der Waals surface area contributed by atoms with Gasteiger partial charge in [0, 0.05) is 6.54 Å². The van der Waals surface area contributed by atoms with Crippen LogP contribution < -0.4 is 20.1 Å². The van der Waals surface area contributed by atoms with Gasteiger partial charge in [-0.3, -0.25) is 9.59 Å². The Morgan fingerprint density at radius 2 is 1.45 bits per heavy atom. The average Bonchev–Trinajstić information content (AvgIpc) is 2.78. The van der Waals surface area contributed by atoms with Crippen LogP contribution in [-0.4, -0.2) is 60.5 Å². The molecular weight excluding hydrogens is 404 g/mol. The Hall–Kier alpha value is -3.46. The molecule has 0 aromatic heterocycles. The molecule has 0 unspecified atom stereocenters. The minimum Gasteiger partial charge on any atom is -0.504 e. The number of carbonyl (C=O) groups is 2. The number of para-hydroxylation sites is 2. The Morgan fingerprint density at radius 1 is 0.903 bits per heavy atom. The van der Waals surface area contributed by atoms with Crippen molar-refractivity contribution in [2.24, 2.45) is 0 Å². The fraction of sp³-hybridized carbons (Fsp3) is 0.364. The van der Waals surface area contributed by atoms with Crippen molar-refractivity contribution in [2.45, 2.75) is 25.3 Å². The first-order chi connectivity index (χ1) is 14.9. The first-order valence-electron chi connectivity index (χ1n) is 9.84. The maximum atomic E-state index is 12.4. The number of amides is 2. The molecule has 0 radical (unpaired) electrons. The number of phenols is 2. The highest BCUT2D eigenvalue weighted by Gasteiger charge is 2.18. The molecule has 0 aliphatic heterocycles. The zero-order valence-electron chi connectivity index (χ0n) is 17.6. The summed E-state index contributed by atoms with van der Waals surface area (Å²) in [7, 11) is 2.80. The third kappa shape index (κ3) is 6.26. The number of hydrogen-bond donors (Lipinski definition) is 5. The summed E-state index contributed by atoms with van der Waals surface area (Å²) in [6.07, 6.45) is 1.71. The molecule has 0 aliphatic carbocycles. The molecule has 2 amide bonds. The molecule has 1 atom stereocenters. The summed E-state index contributed by atoms with van der Waals surface area (Å²) >= 11 is 0. The number of aliphatic hydroxyl groups excluding tert-OH is 1. The molecule has 0 saturated heterocycles. The van der Waals surface area contributed by atoms with Gasteiger partial charge < -0.3 is 35.4 Å². The number of benzene rings is 2. The van der Waals surface area contributed by atoms with E-state index < -0.39 is 17.9 Å². The number of aliphatic hydroxyl groups is 1. The molecule has 9 heteroatoms. The van der Waals surface area contributed by atoms with Crippen molar-refractivity contribution in [3.05, 3.63) is 47.5 Å². The minimum absolute atomic E-state index is 0.0585. The highest BCUT2D eigenvalue weighted by molar-refractivity contribution is 5.98. The number of rotatable bonds is 11. The molecule has 9 nitrogen and oxygen atoms in total. The summed E-state index contributed by atoms with van der Waals surface area (Å²) in [5, 5.41) is 35.0. The van der Waals surface area contributed by atoms with Gasteiger partial charge >= 0.3 is 0 Å². The number of phenolic OH excluding ortho intramolecular Hbond substituents is 2. The Balaban J connectivity index is 1.79. The van der Waals surface area contributed by atoms with E-state index in [4.69, 9.17) is 9.47 Å². The molecule has 2 aromatic carbocycles. The standard InChI is InChI=1S/C22H28N2O7/c1-30-17-10-5-8-15(19(17)26)21(28)23-12-4-3-7-14(13-25)24-22(29)16-9-6-11-18(31-2)20(16)27/h5-6,8-11,14,25-27H,3-4,7,12-13H2,1-2H3,(H,23,28)(H,24,29)/t14-/m0/s1. The van der Waals surface area contributed by atoms with E-state index in [1.54, 1.807) is 18.2 Å². The van der Waals surface area contributed by atoms with Crippen LogP contribution in [-0.2, 0) is 0 Å². The first kappa shape index (κ1) is 23.8. The van der Waals surface area contributed by atoms with Gasteiger partial charge in [0.25, 0.3) is 11.8 Å². The summed E-state index contributed by atoms with van der Waals surface area (Å²) in [4.78, 5) is 24.6. The topological polar surface area (TPSA) is 137 Å². The summed E-state index contributed by atoms with van der Waals surface area (Å²) in [6, 6.07) is 8.75. The van der Waals surface area contributed by atoms with Gasteiger partial charge in [0.15, 0.2) is 23.0 Å². The molecule has 0 heterocycles. The molecule has 0 spiro atoms. The van der Waals surface area contributed by atoms with Gasteiger partial charge in [-0.2, -0.15) is 0 Å². The normalized spacial score (nSPS) is 11.5. The highest BCUT2D eigenvalue weighted by Crippen LogP contribution is 2.30. The lowest BCUT2D eigenvalue weighted by Crippen LogP contribution is -2.37. The van der Waals surface area contributed by atoms with Gasteiger partial charge in [0.1, 0.15) is 0 Å². The van der Waals surface area contributed by atoms with Crippen molar-refractivity contribution in [1.29, 1.82) is 0 Å². The van der Waals surface area contributed by atoms with E-state index in [-0.39, 0.29) is 40.7 Å². The van der Waals surface area contributed by atoms with Crippen LogP contribution in [0.2, 0.25) is 0 Å². The number of aromatic hydroxyl groups is 2. The smallest absolute Gasteiger partial charge is 0.255 e. The molecular formula is C22H28N2O7. The van der Waals surface area contributed by atoms with Crippen LogP contribution in [0.1, 0.15) is 40.0 Å². The van der Waals surface area contributed by atoms with E-state index in [0.29, 0.717) is 25.8 Å². The van der Waals surface area contributed by atoms with Crippen LogP contribution in [0.4, 0.5) is 0 Å². The van der Waals surface area contributed by atoms with E-state index in [1.165, 1.54) is 32.4 Å². The van der Waals surface area contributed by atoms with Crippen LogP contribution in [0.5, 0.6) is 23.0 Å². The molecule has 2 aromatic rings. The predicted octanol–water partition coefficient (Wildman–Crippen LogP) is 1.81. The van der Waals surface area contributed by atoms with E-state index in [9.17, 15) is 24.9 Å². The second kappa shape index (κ2) is 11.7. The lowest BCUT2D eigenvalue weighted by molar-refractivity contribution is 0.0908. The van der Waals surface area contributed by atoms with Crippen LogP contribution in [0.15, 0.2) is 36.4 Å². The molecule has 0 saturated carbocycles. The molecule has 2 rings (SSSR count). The van der Waals surface area contributed by atoms with Crippen molar-refractivity contribution < 1.29 is 34.4 Å². The molecule has 0 aliphatic rings.